The number of hydrogen-bond acceptors (Lipinski definition) is 6. The molecule has 282 valence electrons. The van der Waals surface area contributed by atoms with Crippen molar-refractivity contribution in [1.82, 2.24) is 9.80 Å². The molecule has 0 aliphatic carbocycles. The summed E-state index contributed by atoms with van der Waals surface area (Å²) in [6, 6.07) is 22.8. The molecule has 7 nitrogen and oxygen atoms in total. The van der Waals surface area contributed by atoms with Gasteiger partial charge in [-0.3, -0.25) is 14.5 Å². The molecule has 4 aromatic rings. The van der Waals surface area contributed by atoms with Gasteiger partial charge < -0.3 is 20.1 Å². The average Bonchev–Trinajstić information content (AvgIpc) is 3.10. The van der Waals surface area contributed by atoms with Gasteiger partial charge in [-0.1, -0.05) is 55.1 Å². The van der Waals surface area contributed by atoms with Crippen LogP contribution in [0.5, 0.6) is 5.75 Å². The lowest BCUT2D eigenvalue weighted by atomic mass is 9.98. The van der Waals surface area contributed by atoms with Crippen molar-refractivity contribution < 1.29 is 45.8 Å². The predicted octanol–water partition coefficient (Wildman–Crippen LogP) is 8.41. The topological polar surface area (TPSA) is 82.1 Å². The van der Waals surface area contributed by atoms with E-state index in [0.29, 0.717) is 31.3 Å². The number of hydrogen-bond donors (Lipinski definition) is 2. The van der Waals surface area contributed by atoms with Crippen LogP contribution in [0, 0.1) is 5.92 Å². The highest BCUT2D eigenvalue weighted by molar-refractivity contribution is 7.99. The van der Waals surface area contributed by atoms with Gasteiger partial charge in [-0.05, 0) is 79.7 Å². The van der Waals surface area contributed by atoms with Crippen molar-refractivity contribution >= 4 is 29.3 Å². The third-order valence-corrected chi connectivity index (χ3v) is 9.92. The molecule has 0 radical (unpaired) electrons. The number of alkyl halides is 6. The number of fused-ring (bicyclic) bond motifs is 1. The van der Waals surface area contributed by atoms with E-state index in [1.54, 1.807) is 18.7 Å². The molecule has 2 amide bonds. The number of para-hydroxylation sites is 1. The number of aliphatic hydroxyl groups excluding tert-OH is 1. The summed E-state index contributed by atoms with van der Waals surface area (Å²) >= 11 is 1.65. The number of carbonyl (C=O) groups is 2. The van der Waals surface area contributed by atoms with Crippen molar-refractivity contribution in [3.05, 3.63) is 119 Å². The van der Waals surface area contributed by atoms with E-state index in [2.05, 4.69) is 5.32 Å². The maximum absolute atomic E-state index is 13.8. The van der Waals surface area contributed by atoms with Crippen molar-refractivity contribution in [2.75, 3.05) is 32.1 Å². The number of aliphatic hydroxyl groups is 1. The zero-order chi connectivity index (χ0) is 38.5. The minimum Gasteiger partial charge on any atom is -0.486 e. The van der Waals surface area contributed by atoms with E-state index in [1.165, 1.54) is 23.1 Å². The van der Waals surface area contributed by atoms with Gasteiger partial charge in [0, 0.05) is 35.3 Å². The van der Waals surface area contributed by atoms with Crippen molar-refractivity contribution in [3.63, 3.8) is 0 Å². The fraction of sp³-hybridized carbons (Fsp3) is 0.333. The van der Waals surface area contributed by atoms with Gasteiger partial charge in [0.15, 0.2) is 5.75 Å². The zero-order valence-corrected chi connectivity index (χ0v) is 30.0. The highest BCUT2D eigenvalue weighted by atomic mass is 32.2. The van der Waals surface area contributed by atoms with Crippen LogP contribution >= 0.6 is 11.8 Å². The Hall–Kier alpha value is -4.53. The first-order valence-electron chi connectivity index (χ1n) is 16.8. The normalized spacial score (nSPS) is 17.1. The van der Waals surface area contributed by atoms with Crippen LogP contribution in [0.25, 0.3) is 0 Å². The van der Waals surface area contributed by atoms with E-state index >= 15 is 0 Å². The van der Waals surface area contributed by atoms with Crippen molar-refractivity contribution in [2.24, 2.45) is 5.92 Å². The summed E-state index contributed by atoms with van der Waals surface area (Å²) in [6.07, 6.45) is -11.6. The molecule has 0 fully saturated rings. The minimum atomic E-state index is -5.01. The maximum Gasteiger partial charge on any atom is 0.416 e. The molecule has 4 aromatic carbocycles. The number of carbonyl (C=O) groups excluding carboxylic acids is 2. The summed E-state index contributed by atoms with van der Waals surface area (Å²) in [5.74, 6) is -1.87. The first-order valence-corrected chi connectivity index (χ1v) is 17.6. The van der Waals surface area contributed by atoms with Crippen LogP contribution in [-0.2, 0) is 30.1 Å². The fourth-order valence-electron chi connectivity index (χ4n) is 6.09. The Morgan fingerprint density at radius 1 is 0.962 bits per heavy atom. The third-order valence-electron chi connectivity index (χ3n) is 8.90. The monoisotopic (exact) mass is 759 g/mol. The van der Waals surface area contributed by atoms with Gasteiger partial charge in [0.2, 0.25) is 5.91 Å². The SMILES string of the molecule is CC(CO)N1C[C@@H](C)[C@@H](CN(C)Cc2ccc(Sc3ccccc3)cc2)Oc2c(NC(=O)Cc3cc(C(F)(F)F)ccc3C(F)(F)F)cccc2C1=O. The van der Waals surface area contributed by atoms with Crippen molar-refractivity contribution in [3.8, 4) is 5.75 Å². The number of rotatable bonds is 11. The number of likely N-dealkylation sites (N-methyl/N-ethyl adjacent to an activating group) is 1. The predicted molar refractivity (Wildman–Crippen MR) is 190 cm³/mol. The molecule has 14 heteroatoms. The van der Waals surface area contributed by atoms with Crippen LogP contribution in [0.1, 0.15) is 46.5 Å². The van der Waals surface area contributed by atoms with Crippen LogP contribution in [0.3, 0.4) is 0 Å². The van der Waals surface area contributed by atoms with Gasteiger partial charge in [0.25, 0.3) is 5.91 Å². The summed E-state index contributed by atoms with van der Waals surface area (Å²) in [5.41, 5.74) is -2.51. The van der Waals surface area contributed by atoms with Crippen LogP contribution in [0.4, 0.5) is 32.0 Å². The molecule has 0 bridgehead atoms. The number of nitrogens with one attached hydrogen (secondary N) is 1. The molecular weight excluding hydrogens is 721 g/mol. The van der Waals surface area contributed by atoms with Gasteiger partial charge in [-0.25, -0.2) is 0 Å². The Labute approximate surface area is 307 Å². The Balaban J connectivity index is 1.39. The molecule has 1 heterocycles. The number of nitrogens with zero attached hydrogens (tertiary/aromatic N) is 2. The first kappa shape index (κ1) is 39.7. The van der Waals surface area contributed by atoms with Crippen LogP contribution in [0.15, 0.2) is 101 Å². The van der Waals surface area contributed by atoms with Gasteiger partial charge >= 0.3 is 12.4 Å². The van der Waals surface area contributed by atoms with E-state index in [1.807, 2.05) is 73.5 Å². The highest BCUT2D eigenvalue weighted by Crippen LogP contribution is 2.38. The number of halogens is 6. The summed E-state index contributed by atoms with van der Waals surface area (Å²) < 4.78 is 88.0. The van der Waals surface area contributed by atoms with E-state index in [9.17, 15) is 41.0 Å². The molecule has 53 heavy (non-hydrogen) atoms. The molecule has 0 spiro atoms. The van der Waals surface area contributed by atoms with Gasteiger partial charge in [0.1, 0.15) is 6.10 Å². The second-order valence-corrected chi connectivity index (χ2v) is 14.3. The van der Waals surface area contributed by atoms with Crippen LogP contribution < -0.4 is 10.1 Å². The van der Waals surface area contributed by atoms with Crippen molar-refractivity contribution in [2.45, 2.75) is 61.1 Å². The van der Waals surface area contributed by atoms with Gasteiger partial charge in [-0.2, -0.15) is 26.3 Å². The molecule has 5 rings (SSSR count). The highest BCUT2D eigenvalue weighted by Gasteiger charge is 2.38. The molecule has 3 atom stereocenters. The quantitative estimate of drug-likeness (QED) is 0.150. The van der Waals surface area contributed by atoms with Gasteiger partial charge in [0.05, 0.1) is 41.4 Å². The van der Waals surface area contributed by atoms with Gasteiger partial charge in [-0.15, -0.1) is 0 Å². The van der Waals surface area contributed by atoms with E-state index in [-0.39, 0.29) is 36.1 Å². The summed E-state index contributed by atoms with van der Waals surface area (Å²) in [4.78, 5) is 32.8. The molecule has 1 aliphatic rings. The second-order valence-electron chi connectivity index (χ2n) is 13.2. The molecule has 2 N–H and O–H groups in total. The number of amides is 2. The molecule has 1 aliphatic heterocycles. The summed E-state index contributed by atoms with van der Waals surface area (Å²) in [7, 11) is 1.91. The Bertz CT molecular complexity index is 1890. The smallest absolute Gasteiger partial charge is 0.416 e. The van der Waals surface area contributed by atoms with E-state index in [4.69, 9.17) is 4.74 Å². The third kappa shape index (κ3) is 10.1. The first-order chi connectivity index (χ1) is 25.0. The largest absolute Gasteiger partial charge is 0.486 e. The fourth-order valence-corrected chi connectivity index (χ4v) is 6.93. The molecule has 0 saturated carbocycles. The van der Waals surface area contributed by atoms with Crippen LogP contribution in [0.2, 0.25) is 0 Å². The summed E-state index contributed by atoms with van der Waals surface area (Å²) in [5, 5.41) is 12.5. The number of ether oxygens (including phenoxy) is 1. The van der Waals surface area contributed by atoms with E-state index in [0.717, 1.165) is 15.4 Å². The second kappa shape index (κ2) is 16.6. The number of anilines is 1. The van der Waals surface area contributed by atoms with Crippen LogP contribution in [-0.4, -0.2) is 65.6 Å². The molecule has 0 aromatic heterocycles. The molecular formula is C39H39F6N3O4S. The zero-order valence-electron chi connectivity index (χ0n) is 29.2. The lowest BCUT2D eigenvalue weighted by Crippen LogP contribution is -2.49. The Morgan fingerprint density at radius 3 is 2.28 bits per heavy atom. The number of benzene rings is 4. The minimum absolute atomic E-state index is 0.0340. The molecule has 0 saturated heterocycles. The maximum atomic E-state index is 13.8. The standard InChI is InChI=1S/C39H39F6N3O4S/c1-24-20-48(25(2)23-49)37(51)31-10-7-11-33(46-35(50)19-27-18-28(38(40,41)42)14-17-32(27)39(43,44)45)36(31)52-34(24)22-47(3)21-26-12-15-30(16-13-26)53-29-8-5-4-6-9-29/h4-18,24-25,34,49H,19-23H2,1-3H3,(H,46,50)/t24-,25?,34-/m1/s1. The van der Waals surface area contributed by atoms with Crippen molar-refractivity contribution in [1.29, 1.82) is 0 Å². The lowest BCUT2D eigenvalue weighted by Gasteiger charge is -2.38. The summed E-state index contributed by atoms with van der Waals surface area (Å²) in [6.45, 7) is 4.38. The Morgan fingerprint density at radius 2 is 1.64 bits per heavy atom. The van der Waals surface area contributed by atoms with E-state index < -0.39 is 59.4 Å². The Kier molecular flexibility index (Phi) is 12.5. The average molecular weight is 760 g/mol. The molecule has 1 unspecified atom stereocenters. The lowest BCUT2D eigenvalue weighted by molar-refractivity contribution is -0.142.